The van der Waals surface area contributed by atoms with Gasteiger partial charge in [0.2, 0.25) is 0 Å². The highest BCUT2D eigenvalue weighted by atomic mass is 35.7. The molecule has 0 unspecified atom stereocenters. The maximum Gasteiger partial charge on any atom is 0.264 e. The highest BCUT2D eigenvalue weighted by Gasteiger charge is 2.21. The van der Waals surface area contributed by atoms with Gasteiger partial charge in [0, 0.05) is 22.8 Å². The molecular weight excluding hydrogens is 321 g/mol. The molecule has 0 fully saturated rings. The number of hydrogen-bond donors (Lipinski definition) is 1. The molecule has 1 rings (SSSR count). The Kier molecular flexibility index (Phi) is 6.12. The van der Waals surface area contributed by atoms with Crippen molar-refractivity contribution in [1.29, 1.82) is 0 Å². The molecule has 1 aromatic rings. The maximum atomic E-state index is 13.7. The van der Waals surface area contributed by atoms with Crippen LogP contribution in [0.5, 0.6) is 0 Å². The van der Waals surface area contributed by atoms with Crippen LogP contribution in [-0.4, -0.2) is 33.6 Å². The molecule has 0 aliphatic carbocycles. The smallest absolute Gasteiger partial charge is 0.264 e. The van der Waals surface area contributed by atoms with E-state index in [-0.39, 0.29) is 23.8 Å². The van der Waals surface area contributed by atoms with Gasteiger partial charge in [0.05, 0.1) is 12.7 Å². The van der Waals surface area contributed by atoms with Crippen LogP contribution in [-0.2, 0) is 13.8 Å². The molecule has 0 bridgehead atoms. The first-order chi connectivity index (χ1) is 9.62. The molecule has 118 valence electrons. The van der Waals surface area contributed by atoms with Gasteiger partial charge in [-0.2, -0.15) is 0 Å². The number of halogens is 2. The Balaban J connectivity index is 2.89. The zero-order valence-corrected chi connectivity index (χ0v) is 13.5. The van der Waals surface area contributed by atoms with Crippen LogP contribution in [0.1, 0.15) is 29.8 Å². The predicted molar refractivity (Wildman–Crippen MR) is 77.6 cm³/mol. The number of aryl methyl sites for hydroxylation is 1. The van der Waals surface area contributed by atoms with Crippen LogP contribution in [0.4, 0.5) is 4.39 Å². The molecule has 0 saturated heterocycles. The lowest BCUT2D eigenvalue weighted by atomic mass is 10.1. The number of carbonyl (C=O) groups is 1. The van der Waals surface area contributed by atoms with E-state index in [1.807, 2.05) is 13.8 Å². The van der Waals surface area contributed by atoms with Crippen molar-refractivity contribution < 1.29 is 22.3 Å². The number of rotatable bonds is 6. The molecular formula is C13H17ClFNO4S. The Bertz CT molecular complexity index is 631. The van der Waals surface area contributed by atoms with Crippen molar-refractivity contribution >= 4 is 25.6 Å². The van der Waals surface area contributed by atoms with E-state index in [1.54, 1.807) is 0 Å². The van der Waals surface area contributed by atoms with Crippen LogP contribution in [0.3, 0.4) is 0 Å². The SMILES string of the molecule is Cc1cc(C(=O)NCCOC(C)C)cc(S(=O)(=O)Cl)c1F. The number of ether oxygens (including phenoxy) is 1. The zero-order valence-electron chi connectivity index (χ0n) is 11.9. The molecule has 5 nitrogen and oxygen atoms in total. The van der Waals surface area contributed by atoms with Crippen molar-refractivity contribution in [1.82, 2.24) is 5.32 Å². The van der Waals surface area contributed by atoms with Gasteiger partial charge in [0.15, 0.2) is 0 Å². The van der Waals surface area contributed by atoms with E-state index in [2.05, 4.69) is 5.32 Å². The molecule has 0 spiro atoms. The summed E-state index contributed by atoms with van der Waals surface area (Å²) in [5, 5.41) is 2.56. The van der Waals surface area contributed by atoms with E-state index in [0.717, 1.165) is 6.07 Å². The Morgan fingerprint density at radius 1 is 1.43 bits per heavy atom. The van der Waals surface area contributed by atoms with Crippen LogP contribution in [0, 0.1) is 12.7 Å². The Morgan fingerprint density at radius 3 is 2.57 bits per heavy atom. The molecule has 1 aromatic carbocycles. The highest BCUT2D eigenvalue weighted by Crippen LogP contribution is 2.23. The summed E-state index contributed by atoms with van der Waals surface area (Å²) in [4.78, 5) is 11.2. The fourth-order valence-corrected chi connectivity index (χ4v) is 2.59. The third-order valence-electron chi connectivity index (χ3n) is 2.58. The lowest BCUT2D eigenvalue weighted by Gasteiger charge is -2.10. The Hall–Kier alpha value is -1.18. The molecule has 21 heavy (non-hydrogen) atoms. The average Bonchev–Trinajstić information content (AvgIpc) is 2.35. The van der Waals surface area contributed by atoms with Crippen molar-refractivity contribution in [2.75, 3.05) is 13.2 Å². The lowest BCUT2D eigenvalue weighted by Crippen LogP contribution is -2.28. The van der Waals surface area contributed by atoms with Gasteiger partial charge in [-0.25, -0.2) is 12.8 Å². The Labute approximate surface area is 127 Å². The number of carbonyl (C=O) groups excluding carboxylic acids is 1. The minimum absolute atomic E-state index is 0.0256. The van der Waals surface area contributed by atoms with Crippen LogP contribution in [0.25, 0.3) is 0 Å². The fourth-order valence-electron chi connectivity index (χ4n) is 1.61. The molecule has 0 aliphatic heterocycles. The fraction of sp³-hybridized carbons (Fsp3) is 0.462. The summed E-state index contributed by atoms with van der Waals surface area (Å²) in [5.41, 5.74) is 0.0537. The summed E-state index contributed by atoms with van der Waals surface area (Å²) in [6, 6.07) is 2.18. The first kappa shape index (κ1) is 17.9. The third kappa shape index (κ3) is 5.26. The lowest BCUT2D eigenvalue weighted by molar-refractivity contribution is 0.0746. The van der Waals surface area contributed by atoms with Gasteiger partial charge in [-0.05, 0) is 38.5 Å². The van der Waals surface area contributed by atoms with E-state index >= 15 is 0 Å². The van der Waals surface area contributed by atoms with E-state index in [9.17, 15) is 17.6 Å². The number of hydrogen-bond acceptors (Lipinski definition) is 4. The van der Waals surface area contributed by atoms with Crippen molar-refractivity contribution in [3.63, 3.8) is 0 Å². The van der Waals surface area contributed by atoms with Gasteiger partial charge >= 0.3 is 0 Å². The van der Waals surface area contributed by atoms with Gasteiger partial charge in [-0.1, -0.05) is 0 Å². The van der Waals surface area contributed by atoms with Crippen LogP contribution < -0.4 is 5.32 Å². The number of amides is 1. The number of benzene rings is 1. The first-order valence-electron chi connectivity index (χ1n) is 6.27. The topological polar surface area (TPSA) is 72.5 Å². The van der Waals surface area contributed by atoms with Crippen molar-refractivity contribution in [2.45, 2.75) is 31.8 Å². The summed E-state index contributed by atoms with van der Waals surface area (Å²) in [6.07, 6.45) is 0.0444. The van der Waals surface area contributed by atoms with Gasteiger partial charge < -0.3 is 10.1 Å². The molecule has 0 radical (unpaired) electrons. The van der Waals surface area contributed by atoms with E-state index in [1.165, 1.54) is 13.0 Å². The summed E-state index contributed by atoms with van der Waals surface area (Å²) in [7, 11) is 0.899. The van der Waals surface area contributed by atoms with Crippen LogP contribution in [0.2, 0.25) is 0 Å². The summed E-state index contributed by atoms with van der Waals surface area (Å²) in [5.74, 6) is -1.48. The molecule has 1 N–H and O–H groups in total. The monoisotopic (exact) mass is 337 g/mol. The summed E-state index contributed by atoms with van der Waals surface area (Å²) in [6.45, 7) is 5.67. The molecule has 0 atom stereocenters. The highest BCUT2D eigenvalue weighted by molar-refractivity contribution is 8.13. The van der Waals surface area contributed by atoms with Crippen molar-refractivity contribution in [3.05, 3.63) is 29.1 Å². The average molecular weight is 338 g/mol. The molecule has 1 amide bonds. The van der Waals surface area contributed by atoms with Gasteiger partial charge in [-0.15, -0.1) is 0 Å². The molecule has 0 heterocycles. The second-order valence-electron chi connectivity index (χ2n) is 4.72. The summed E-state index contributed by atoms with van der Waals surface area (Å²) >= 11 is 0. The van der Waals surface area contributed by atoms with E-state index < -0.39 is 25.7 Å². The van der Waals surface area contributed by atoms with Crippen molar-refractivity contribution in [2.24, 2.45) is 0 Å². The van der Waals surface area contributed by atoms with E-state index in [0.29, 0.717) is 6.61 Å². The van der Waals surface area contributed by atoms with Crippen molar-refractivity contribution in [3.8, 4) is 0 Å². The minimum Gasteiger partial charge on any atom is -0.377 e. The molecule has 0 aromatic heterocycles. The zero-order chi connectivity index (χ0) is 16.2. The summed E-state index contributed by atoms with van der Waals surface area (Å²) < 4.78 is 41.6. The van der Waals surface area contributed by atoms with E-state index in [4.69, 9.17) is 15.4 Å². The predicted octanol–water partition coefficient (Wildman–Crippen LogP) is 2.22. The second-order valence-corrected chi connectivity index (χ2v) is 7.25. The normalized spacial score (nSPS) is 11.7. The molecule has 0 aliphatic rings. The Morgan fingerprint density at radius 2 is 2.05 bits per heavy atom. The third-order valence-corrected chi connectivity index (χ3v) is 3.91. The molecule has 8 heteroatoms. The first-order valence-corrected chi connectivity index (χ1v) is 8.58. The van der Waals surface area contributed by atoms with Gasteiger partial charge in [-0.3, -0.25) is 4.79 Å². The second kappa shape index (κ2) is 7.20. The van der Waals surface area contributed by atoms with Crippen LogP contribution >= 0.6 is 10.7 Å². The van der Waals surface area contributed by atoms with Gasteiger partial charge in [0.1, 0.15) is 10.7 Å². The standard InChI is InChI=1S/C13H17ClFNO4S/c1-8(2)20-5-4-16-13(17)10-6-9(3)12(15)11(7-10)21(14,18)19/h6-8H,4-5H2,1-3H3,(H,16,17). The minimum atomic E-state index is -4.26. The maximum absolute atomic E-state index is 13.7. The van der Waals surface area contributed by atoms with Crippen LogP contribution in [0.15, 0.2) is 17.0 Å². The molecule has 0 saturated carbocycles. The quantitative estimate of drug-likeness (QED) is 0.638. The number of nitrogens with one attached hydrogen (secondary N) is 1. The largest absolute Gasteiger partial charge is 0.377 e. The van der Waals surface area contributed by atoms with Gasteiger partial charge in [0.25, 0.3) is 15.0 Å².